The van der Waals surface area contributed by atoms with Gasteiger partial charge in [-0.15, -0.1) is 0 Å². The molecular formula is C33H31BrFN3O4. The van der Waals surface area contributed by atoms with Crippen molar-refractivity contribution in [2.24, 2.45) is 4.99 Å². The van der Waals surface area contributed by atoms with Gasteiger partial charge in [0, 0.05) is 41.6 Å². The Kier molecular flexibility index (Phi) is 9.63. The standard InChI is InChI=1S/C33H31BrFN3O4/c34-28-13-6-4-11-25(28)21-33(32(40)38-36-22-26-12-5-7-14-29(26)35)30(23-9-2-1-3-10-23)42-31(37-33)24-15-17-27(18-16-24)41-20-8-19-39/h1-7,9-18,30,36,39H,8,19-22H2,(H,38,40)/t30-,33-/m0/s1. The molecule has 0 aromatic heterocycles. The number of halogens is 2. The molecule has 3 N–H and O–H groups in total. The van der Waals surface area contributed by atoms with Gasteiger partial charge in [-0.05, 0) is 47.5 Å². The second-order valence-electron chi connectivity index (χ2n) is 9.87. The van der Waals surface area contributed by atoms with Crippen LogP contribution in [0.1, 0.15) is 34.8 Å². The lowest BCUT2D eigenvalue weighted by Gasteiger charge is -2.31. The molecule has 5 rings (SSSR count). The van der Waals surface area contributed by atoms with Gasteiger partial charge in [0.2, 0.25) is 5.90 Å². The van der Waals surface area contributed by atoms with E-state index in [2.05, 4.69) is 26.8 Å². The van der Waals surface area contributed by atoms with Gasteiger partial charge in [-0.2, -0.15) is 0 Å². The Labute approximate surface area is 252 Å². The lowest BCUT2D eigenvalue weighted by Crippen LogP contribution is -2.53. The van der Waals surface area contributed by atoms with Crippen LogP contribution in [0.2, 0.25) is 0 Å². The van der Waals surface area contributed by atoms with Crippen LogP contribution in [0, 0.1) is 5.82 Å². The second kappa shape index (κ2) is 13.7. The maximum atomic E-state index is 14.2. The van der Waals surface area contributed by atoms with E-state index in [0.717, 1.165) is 15.6 Å². The van der Waals surface area contributed by atoms with E-state index in [1.54, 1.807) is 30.3 Å². The van der Waals surface area contributed by atoms with Crippen LogP contribution in [0.5, 0.6) is 5.75 Å². The van der Waals surface area contributed by atoms with Crippen LogP contribution < -0.4 is 15.6 Å². The molecule has 1 aliphatic heterocycles. The first-order valence-corrected chi connectivity index (χ1v) is 14.4. The van der Waals surface area contributed by atoms with E-state index in [1.807, 2.05) is 66.7 Å². The summed E-state index contributed by atoms with van der Waals surface area (Å²) in [5.74, 6) is 0.196. The van der Waals surface area contributed by atoms with Crippen LogP contribution in [-0.2, 0) is 22.5 Å². The molecule has 0 aliphatic carbocycles. The second-order valence-corrected chi connectivity index (χ2v) is 10.7. The summed E-state index contributed by atoms with van der Waals surface area (Å²) in [5, 5.41) is 9.02. The molecule has 1 aliphatic rings. The third-order valence-corrected chi connectivity index (χ3v) is 7.76. The van der Waals surface area contributed by atoms with E-state index < -0.39 is 17.6 Å². The predicted octanol–water partition coefficient (Wildman–Crippen LogP) is 5.67. The molecule has 0 saturated heterocycles. The van der Waals surface area contributed by atoms with Crippen molar-refractivity contribution in [1.82, 2.24) is 10.9 Å². The van der Waals surface area contributed by atoms with E-state index >= 15 is 0 Å². The lowest BCUT2D eigenvalue weighted by molar-refractivity contribution is -0.130. The Balaban J connectivity index is 1.51. The van der Waals surface area contributed by atoms with Gasteiger partial charge in [0.25, 0.3) is 5.91 Å². The van der Waals surface area contributed by atoms with Crippen LogP contribution >= 0.6 is 15.9 Å². The minimum absolute atomic E-state index is 0.0560. The molecule has 0 spiro atoms. The SMILES string of the molecule is O=C(NNCc1ccccc1F)[C@@]1(Cc2ccccc2Br)N=C(c2ccc(OCCCO)cc2)O[C@H]1c1ccccc1. The van der Waals surface area contributed by atoms with Crippen molar-refractivity contribution < 1.29 is 23.8 Å². The summed E-state index contributed by atoms with van der Waals surface area (Å²) in [4.78, 5) is 19.2. The zero-order chi connectivity index (χ0) is 29.4. The highest BCUT2D eigenvalue weighted by Crippen LogP contribution is 2.43. The molecule has 2 atom stereocenters. The van der Waals surface area contributed by atoms with E-state index in [4.69, 9.17) is 19.6 Å². The fourth-order valence-electron chi connectivity index (χ4n) is 4.81. The van der Waals surface area contributed by atoms with Crippen molar-refractivity contribution in [3.63, 3.8) is 0 Å². The molecule has 1 heterocycles. The molecule has 0 saturated carbocycles. The number of benzene rings is 4. The molecule has 0 fully saturated rings. The number of aliphatic imine (C=N–C) groups is 1. The summed E-state index contributed by atoms with van der Waals surface area (Å²) < 4.78 is 27.3. The van der Waals surface area contributed by atoms with E-state index in [1.165, 1.54) is 6.07 Å². The summed E-state index contributed by atoms with van der Waals surface area (Å²) >= 11 is 3.63. The van der Waals surface area contributed by atoms with E-state index in [-0.39, 0.29) is 25.4 Å². The van der Waals surface area contributed by atoms with Gasteiger partial charge in [-0.1, -0.05) is 82.7 Å². The number of amides is 1. The Morgan fingerprint density at radius 2 is 1.64 bits per heavy atom. The highest BCUT2D eigenvalue weighted by atomic mass is 79.9. The Bertz CT molecular complexity index is 1530. The van der Waals surface area contributed by atoms with Gasteiger partial charge >= 0.3 is 0 Å². The van der Waals surface area contributed by atoms with Crippen LogP contribution in [-0.4, -0.2) is 35.7 Å². The molecular weight excluding hydrogens is 601 g/mol. The first-order chi connectivity index (χ1) is 20.5. The van der Waals surface area contributed by atoms with Crippen molar-refractivity contribution in [2.75, 3.05) is 13.2 Å². The zero-order valence-electron chi connectivity index (χ0n) is 22.8. The first kappa shape index (κ1) is 29.4. The van der Waals surface area contributed by atoms with E-state index in [0.29, 0.717) is 35.8 Å². The number of nitrogens with one attached hydrogen (secondary N) is 2. The Morgan fingerprint density at radius 1 is 0.952 bits per heavy atom. The highest BCUT2D eigenvalue weighted by Gasteiger charge is 2.53. The number of hydrogen-bond acceptors (Lipinski definition) is 6. The fraction of sp³-hybridized carbons (Fsp3) is 0.212. The molecule has 9 heteroatoms. The smallest absolute Gasteiger partial charge is 0.266 e. The summed E-state index contributed by atoms with van der Waals surface area (Å²) in [6.45, 7) is 0.549. The van der Waals surface area contributed by atoms with Crippen molar-refractivity contribution in [3.05, 3.63) is 136 Å². The molecule has 42 heavy (non-hydrogen) atoms. The van der Waals surface area contributed by atoms with Gasteiger partial charge in [0.1, 0.15) is 11.6 Å². The summed E-state index contributed by atoms with van der Waals surface area (Å²) in [7, 11) is 0. The van der Waals surface area contributed by atoms with Crippen LogP contribution in [0.15, 0.2) is 113 Å². The maximum absolute atomic E-state index is 14.2. The van der Waals surface area contributed by atoms with Crippen LogP contribution in [0.4, 0.5) is 4.39 Å². The van der Waals surface area contributed by atoms with Crippen molar-refractivity contribution >= 4 is 27.7 Å². The number of aliphatic hydroxyl groups excluding tert-OH is 1. The number of aliphatic hydroxyl groups is 1. The first-order valence-electron chi connectivity index (χ1n) is 13.7. The molecule has 0 unspecified atom stereocenters. The lowest BCUT2D eigenvalue weighted by atomic mass is 9.82. The number of hydrazine groups is 1. The third-order valence-electron chi connectivity index (χ3n) is 6.99. The maximum Gasteiger partial charge on any atom is 0.266 e. The highest BCUT2D eigenvalue weighted by molar-refractivity contribution is 9.10. The number of rotatable bonds is 12. The molecule has 0 radical (unpaired) electrons. The predicted molar refractivity (Wildman–Crippen MR) is 162 cm³/mol. The van der Waals surface area contributed by atoms with Crippen LogP contribution in [0.3, 0.4) is 0 Å². The molecule has 7 nitrogen and oxygen atoms in total. The minimum Gasteiger partial charge on any atom is -0.494 e. The monoisotopic (exact) mass is 631 g/mol. The third kappa shape index (κ3) is 6.70. The molecule has 216 valence electrons. The van der Waals surface area contributed by atoms with Crippen molar-refractivity contribution in [3.8, 4) is 5.75 Å². The average Bonchev–Trinajstić information content (AvgIpc) is 3.41. The van der Waals surface area contributed by atoms with Crippen LogP contribution in [0.25, 0.3) is 0 Å². The number of carbonyl (C=O) groups is 1. The van der Waals surface area contributed by atoms with E-state index in [9.17, 15) is 9.18 Å². The number of ether oxygens (including phenoxy) is 2. The number of carbonyl (C=O) groups excluding carboxylic acids is 1. The summed E-state index contributed by atoms with van der Waals surface area (Å²) in [5.41, 5.74) is 7.06. The Morgan fingerprint density at radius 3 is 2.36 bits per heavy atom. The van der Waals surface area contributed by atoms with Gasteiger partial charge in [0.15, 0.2) is 11.6 Å². The number of nitrogens with zero attached hydrogens (tertiary/aromatic N) is 1. The van der Waals surface area contributed by atoms with Crippen molar-refractivity contribution in [1.29, 1.82) is 0 Å². The van der Waals surface area contributed by atoms with Crippen molar-refractivity contribution in [2.45, 2.75) is 31.0 Å². The molecule has 4 aromatic rings. The van der Waals surface area contributed by atoms with Gasteiger partial charge in [-0.3, -0.25) is 10.2 Å². The zero-order valence-corrected chi connectivity index (χ0v) is 24.4. The summed E-state index contributed by atoms with van der Waals surface area (Å²) in [6, 6.07) is 30.9. The largest absolute Gasteiger partial charge is 0.494 e. The summed E-state index contributed by atoms with van der Waals surface area (Å²) in [6.07, 6.45) is 0.0117. The van der Waals surface area contributed by atoms with Gasteiger partial charge < -0.3 is 14.6 Å². The average molecular weight is 633 g/mol. The fourth-order valence-corrected chi connectivity index (χ4v) is 5.24. The quantitative estimate of drug-likeness (QED) is 0.138. The minimum atomic E-state index is -1.40. The topological polar surface area (TPSA) is 92.2 Å². The van der Waals surface area contributed by atoms with Gasteiger partial charge in [0.05, 0.1) is 6.61 Å². The molecule has 1 amide bonds. The number of hydrogen-bond donors (Lipinski definition) is 3. The molecule has 4 aromatic carbocycles. The Hall–Kier alpha value is -4.05. The molecule has 0 bridgehead atoms. The normalized spacial score (nSPS) is 17.8. The van der Waals surface area contributed by atoms with Gasteiger partial charge in [-0.25, -0.2) is 14.8 Å².